The second-order valence-electron chi connectivity index (χ2n) is 4.24. The largest absolute Gasteiger partial charge is 0.354 e. The molecule has 0 aliphatic carbocycles. The summed E-state index contributed by atoms with van der Waals surface area (Å²) in [6.45, 7) is 0. The van der Waals surface area contributed by atoms with E-state index >= 15 is 0 Å². The van der Waals surface area contributed by atoms with Gasteiger partial charge in [0.15, 0.2) is 0 Å². The predicted octanol–water partition coefficient (Wildman–Crippen LogP) is 3.01. The molecule has 2 aromatic carbocycles. The van der Waals surface area contributed by atoms with Crippen LogP contribution in [0, 0.1) is 11.3 Å². The number of rotatable bonds is 3. The lowest BCUT2D eigenvalue weighted by atomic mass is 10.0. The maximum atomic E-state index is 11.4. The lowest BCUT2D eigenvalue weighted by Gasteiger charge is -2.02. The summed E-state index contributed by atoms with van der Waals surface area (Å²) in [5.74, 6) is -0.375. The maximum absolute atomic E-state index is 11.4. The SMILES string of the molecule is CNC(=O)/C(C#N)=C\c1ccc(-c2ccccc2)cc1. The molecule has 0 heterocycles. The van der Waals surface area contributed by atoms with Crippen molar-refractivity contribution in [1.29, 1.82) is 5.26 Å². The van der Waals surface area contributed by atoms with E-state index in [0.29, 0.717) is 0 Å². The predicted molar refractivity (Wildman–Crippen MR) is 79.5 cm³/mol. The molecule has 0 bridgehead atoms. The van der Waals surface area contributed by atoms with Gasteiger partial charge < -0.3 is 5.32 Å². The monoisotopic (exact) mass is 262 g/mol. The minimum Gasteiger partial charge on any atom is -0.354 e. The Morgan fingerprint density at radius 2 is 1.65 bits per heavy atom. The third-order valence-electron chi connectivity index (χ3n) is 2.92. The van der Waals surface area contributed by atoms with E-state index in [1.165, 1.54) is 7.05 Å². The zero-order valence-corrected chi connectivity index (χ0v) is 11.1. The molecule has 0 atom stereocenters. The summed E-state index contributed by atoms with van der Waals surface area (Å²) in [7, 11) is 1.51. The minimum atomic E-state index is -0.375. The molecule has 3 heteroatoms. The molecule has 0 fully saturated rings. The Morgan fingerprint density at radius 3 is 2.20 bits per heavy atom. The summed E-state index contributed by atoms with van der Waals surface area (Å²) in [6.07, 6.45) is 1.58. The quantitative estimate of drug-likeness (QED) is 0.683. The first-order valence-corrected chi connectivity index (χ1v) is 6.24. The zero-order valence-electron chi connectivity index (χ0n) is 11.1. The van der Waals surface area contributed by atoms with Crippen LogP contribution in [0.25, 0.3) is 17.2 Å². The number of benzene rings is 2. The van der Waals surface area contributed by atoms with Crippen LogP contribution in [0.1, 0.15) is 5.56 Å². The van der Waals surface area contributed by atoms with E-state index in [4.69, 9.17) is 5.26 Å². The van der Waals surface area contributed by atoms with Crippen molar-refractivity contribution in [2.75, 3.05) is 7.05 Å². The summed E-state index contributed by atoms with van der Waals surface area (Å²) in [5.41, 5.74) is 3.15. The maximum Gasteiger partial charge on any atom is 0.261 e. The second kappa shape index (κ2) is 6.35. The average Bonchev–Trinajstić information content (AvgIpc) is 2.53. The van der Waals surface area contributed by atoms with Gasteiger partial charge in [0.25, 0.3) is 5.91 Å². The summed E-state index contributed by atoms with van der Waals surface area (Å²) in [6, 6.07) is 19.7. The Hall–Kier alpha value is -2.86. The van der Waals surface area contributed by atoms with Crippen LogP contribution >= 0.6 is 0 Å². The molecular formula is C17H14N2O. The van der Waals surface area contributed by atoms with Crippen LogP contribution in [0.5, 0.6) is 0 Å². The van der Waals surface area contributed by atoms with Gasteiger partial charge in [0.1, 0.15) is 11.6 Å². The standard InChI is InChI=1S/C17H14N2O/c1-19-17(20)16(12-18)11-13-7-9-15(10-8-13)14-5-3-2-4-6-14/h2-11H,1H3,(H,19,20)/b16-11-. The van der Waals surface area contributed by atoms with Crippen molar-refractivity contribution in [2.24, 2.45) is 0 Å². The first-order chi connectivity index (χ1) is 9.74. The van der Waals surface area contributed by atoms with Crippen LogP contribution in [0.15, 0.2) is 60.2 Å². The third kappa shape index (κ3) is 3.12. The van der Waals surface area contributed by atoms with E-state index in [1.54, 1.807) is 6.08 Å². The van der Waals surface area contributed by atoms with Gasteiger partial charge in [-0.3, -0.25) is 4.79 Å². The van der Waals surface area contributed by atoms with Gasteiger partial charge in [-0.05, 0) is 22.8 Å². The number of nitrogens with one attached hydrogen (secondary N) is 1. The Balaban J connectivity index is 2.27. The zero-order chi connectivity index (χ0) is 14.4. The Kier molecular flexibility index (Phi) is 4.31. The van der Waals surface area contributed by atoms with Gasteiger partial charge in [0, 0.05) is 7.05 Å². The molecule has 0 saturated heterocycles. The number of nitrogens with zero attached hydrogens (tertiary/aromatic N) is 1. The average molecular weight is 262 g/mol. The number of carbonyl (C=O) groups excluding carboxylic acids is 1. The number of nitriles is 1. The minimum absolute atomic E-state index is 0.0972. The van der Waals surface area contributed by atoms with Gasteiger partial charge in [-0.15, -0.1) is 0 Å². The molecule has 0 unspecified atom stereocenters. The van der Waals surface area contributed by atoms with Crippen LogP contribution in [0.2, 0.25) is 0 Å². The molecule has 1 amide bonds. The molecule has 0 saturated carbocycles. The highest BCUT2D eigenvalue weighted by molar-refractivity contribution is 6.01. The second-order valence-corrected chi connectivity index (χ2v) is 4.24. The molecule has 2 rings (SSSR count). The summed E-state index contributed by atoms with van der Waals surface area (Å²) in [5, 5.41) is 11.4. The van der Waals surface area contributed by atoms with Crippen LogP contribution in [-0.4, -0.2) is 13.0 Å². The van der Waals surface area contributed by atoms with Crippen molar-refractivity contribution >= 4 is 12.0 Å². The van der Waals surface area contributed by atoms with Crippen molar-refractivity contribution in [3.05, 3.63) is 65.7 Å². The molecule has 0 aromatic heterocycles. The first kappa shape index (κ1) is 13.6. The van der Waals surface area contributed by atoms with Gasteiger partial charge in [0.2, 0.25) is 0 Å². The van der Waals surface area contributed by atoms with E-state index < -0.39 is 0 Å². The van der Waals surface area contributed by atoms with Gasteiger partial charge in [0.05, 0.1) is 0 Å². The fourth-order valence-corrected chi connectivity index (χ4v) is 1.85. The number of hydrogen-bond acceptors (Lipinski definition) is 2. The van der Waals surface area contributed by atoms with Crippen molar-refractivity contribution in [1.82, 2.24) is 5.32 Å². The molecule has 0 aliphatic rings. The van der Waals surface area contributed by atoms with E-state index in [1.807, 2.05) is 60.7 Å². The smallest absolute Gasteiger partial charge is 0.261 e. The molecule has 1 N–H and O–H groups in total. The molecular weight excluding hydrogens is 248 g/mol. The third-order valence-corrected chi connectivity index (χ3v) is 2.92. The summed E-state index contributed by atoms with van der Waals surface area (Å²) >= 11 is 0. The lowest BCUT2D eigenvalue weighted by Crippen LogP contribution is -2.19. The molecule has 2 aromatic rings. The topological polar surface area (TPSA) is 52.9 Å². The molecule has 0 spiro atoms. The highest BCUT2D eigenvalue weighted by atomic mass is 16.1. The molecule has 0 aliphatic heterocycles. The van der Waals surface area contributed by atoms with Crippen LogP contribution < -0.4 is 5.32 Å². The number of hydrogen-bond donors (Lipinski definition) is 1. The molecule has 0 radical (unpaired) electrons. The Morgan fingerprint density at radius 1 is 1.05 bits per heavy atom. The number of carbonyl (C=O) groups is 1. The molecule has 3 nitrogen and oxygen atoms in total. The van der Waals surface area contributed by atoms with Crippen molar-refractivity contribution in [2.45, 2.75) is 0 Å². The van der Waals surface area contributed by atoms with E-state index in [9.17, 15) is 4.79 Å². The van der Waals surface area contributed by atoms with Gasteiger partial charge in [-0.25, -0.2) is 0 Å². The fourth-order valence-electron chi connectivity index (χ4n) is 1.85. The Bertz CT molecular complexity index is 664. The first-order valence-electron chi connectivity index (χ1n) is 6.24. The highest BCUT2D eigenvalue weighted by Crippen LogP contribution is 2.20. The normalized spacial score (nSPS) is 10.7. The summed E-state index contributed by atoms with van der Waals surface area (Å²) < 4.78 is 0. The Labute approximate surface area is 118 Å². The number of likely N-dealkylation sites (N-methyl/N-ethyl adjacent to an activating group) is 1. The van der Waals surface area contributed by atoms with Crippen molar-refractivity contribution < 1.29 is 4.79 Å². The summed E-state index contributed by atoms with van der Waals surface area (Å²) in [4.78, 5) is 11.4. The number of amides is 1. The van der Waals surface area contributed by atoms with E-state index in [-0.39, 0.29) is 11.5 Å². The van der Waals surface area contributed by atoms with E-state index in [2.05, 4.69) is 5.32 Å². The van der Waals surface area contributed by atoms with Gasteiger partial charge in [-0.2, -0.15) is 5.26 Å². The van der Waals surface area contributed by atoms with Crippen LogP contribution in [0.3, 0.4) is 0 Å². The lowest BCUT2D eigenvalue weighted by molar-refractivity contribution is -0.116. The highest BCUT2D eigenvalue weighted by Gasteiger charge is 2.05. The van der Waals surface area contributed by atoms with Crippen LogP contribution in [0.4, 0.5) is 0 Å². The van der Waals surface area contributed by atoms with Crippen molar-refractivity contribution in [3.63, 3.8) is 0 Å². The van der Waals surface area contributed by atoms with Gasteiger partial charge >= 0.3 is 0 Å². The van der Waals surface area contributed by atoms with Crippen LogP contribution in [-0.2, 0) is 4.79 Å². The molecule has 98 valence electrons. The fraction of sp³-hybridized carbons (Fsp3) is 0.0588. The molecule has 20 heavy (non-hydrogen) atoms. The van der Waals surface area contributed by atoms with Crippen molar-refractivity contribution in [3.8, 4) is 17.2 Å². The van der Waals surface area contributed by atoms with E-state index in [0.717, 1.165) is 16.7 Å². The van der Waals surface area contributed by atoms with Gasteiger partial charge in [-0.1, -0.05) is 54.6 Å².